The largest absolute Gasteiger partial charge is 0.400 e. The fraction of sp³-hybridized carbons (Fsp3) is 0.500. The van der Waals surface area contributed by atoms with E-state index in [1.807, 2.05) is 30.3 Å². The molecule has 0 saturated carbocycles. The normalized spacial score (nSPS) is 12.3. The maximum absolute atomic E-state index is 13.4. The van der Waals surface area contributed by atoms with E-state index < -0.39 is 11.7 Å². The highest BCUT2D eigenvalue weighted by atomic mass is 19.1. The van der Waals surface area contributed by atoms with Crippen LogP contribution in [0.3, 0.4) is 0 Å². The number of hydrogen-bond acceptors (Lipinski definition) is 3. The second kappa shape index (κ2) is 8.78. The predicted octanol–water partition coefficient (Wildman–Crippen LogP) is 2.09. The summed E-state index contributed by atoms with van der Waals surface area (Å²) in [6.45, 7) is 3.54. The average molecular weight is 255 g/mol. The first-order valence-corrected chi connectivity index (χ1v) is 5.87. The zero-order chi connectivity index (χ0) is 14.0. The molecular formula is C14H22FNO2. The average Bonchev–Trinajstić information content (AvgIpc) is 2.37. The van der Waals surface area contributed by atoms with E-state index in [0.717, 1.165) is 19.0 Å². The zero-order valence-electron chi connectivity index (χ0n) is 11.2. The van der Waals surface area contributed by atoms with Crippen LogP contribution in [0, 0.1) is 0 Å². The topological polar surface area (TPSA) is 49.3 Å². The van der Waals surface area contributed by atoms with Crippen molar-refractivity contribution in [2.24, 2.45) is 0 Å². The van der Waals surface area contributed by atoms with Crippen LogP contribution in [0.15, 0.2) is 30.3 Å². The molecule has 0 heterocycles. The van der Waals surface area contributed by atoms with Gasteiger partial charge in [-0.25, -0.2) is 4.39 Å². The number of alkyl halides is 1. The van der Waals surface area contributed by atoms with Crippen LogP contribution in [0.4, 0.5) is 4.39 Å². The third-order valence-corrected chi connectivity index (χ3v) is 2.28. The lowest BCUT2D eigenvalue weighted by Gasteiger charge is -2.19. The molecule has 0 aliphatic heterocycles. The predicted molar refractivity (Wildman–Crippen MR) is 71.1 cm³/mol. The molecule has 18 heavy (non-hydrogen) atoms. The molecule has 0 aromatic heterocycles. The van der Waals surface area contributed by atoms with Crippen molar-refractivity contribution in [3.8, 4) is 0 Å². The maximum atomic E-state index is 13.4. The molecule has 0 bridgehead atoms. The molecule has 2 N–H and O–H groups in total. The summed E-state index contributed by atoms with van der Waals surface area (Å²) in [6.07, 6.45) is 0.966. The number of aliphatic hydroxyl groups is 1. The Hall–Kier alpha value is -1.26. The van der Waals surface area contributed by atoms with Crippen molar-refractivity contribution >= 4 is 6.29 Å². The molecule has 0 amide bonds. The molecule has 1 aromatic rings. The van der Waals surface area contributed by atoms with Crippen LogP contribution >= 0.6 is 0 Å². The molecule has 1 rings (SSSR count). The number of benzene rings is 1. The Balaban J connectivity index is 0.00000137. The molecule has 1 aromatic carbocycles. The fourth-order valence-electron chi connectivity index (χ4n) is 1.54. The van der Waals surface area contributed by atoms with E-state index in [0.29, 0.717) is 6.54 Å². The van der Waals surface area contributed by atoms with Crippen molar-refractivity contribution in [1.82, 2.24) is 5.32 Å². The van der Waals surface area contributed by atoms with Crippen LogP contribution in [-0.2, 0) is 11.3 Å². The standard InChI is InChI=1S/C13H18FNO.CH4O/c1-13(2,14)8-12(10-16)15-9-11-6-4-3-5-7-11;1-2/h3-7,10,12,15H,8-9H2,1-2H3;2H,1H3/t12-;/m0./s1. The number of halogens is 1. The summed E-state index contributed by atoms with van der Waals surface area (Å²) in [5.41, 5.74) is -0.235. The highest BCUT2D eigenvalue weighted by Crippen LogP contribution is 2.15. The van der Waals surface area contributed by atoms with Gasteiger partial charge in [-0.3, -0.25) is 0 Å². The third-order valence-electron chi connectivity index (χ3n) is 2.28. The van der Waals surface area contributed by atoms with Crippen LogP contribution < -0.4 is 5.32 Å². The molecule has 3 nitrogen and oxygen atoms in total. The first kappa shape index (κ1) is 16.7. The van der Waals surface area contributed by atoms with Gasteiger partial charge in [-0.05, 0) is 19.4 Å². The van der Waals surface area contributed by atoms with Crippen LogP contribution in [0.25, 0.3) is 0 Å². The minimum atomic E-state index is -1.32. The minimum absolute atomic E-state index is 0.198. The molecule has 0 aliphatic rings. The number of hydrogen-bond donors (Lipinski definition) is 2. The summed E-state index contributed by atoms with van der Waals surface area (Å²) in [7, 11) is 1.00. The second-order valence-electron chi connectivity index (χ2n) is 4.53. The van der Waals surface area contributed by atoms with Crippen molar-refractivity contribution in [2.45, 2.75) is 38.5 Å². The van der Waals surface area contributed by atoms with E-state index in [4.69, 9.17) is 5.11 Å². The van der Waals surface area contributed by atoms with Gasteiger partial charge in [-0.1, -0.05) is 30.3 Å². The molecule has 0 fully saturated rings. The van der Waals surface area contributed by atoms with Crippen LogP contribution in [0.2, 0.25) is 0 Å². The maximum Gasteiger partial charge on any atom is 0.137 e. The SMILES string of the molecule is CC(C)(F)C[C@@H](C=O)NCc1ccccc1.CO. The van der Waals surface area contributed by atoms with Crippen molar-refractivity contribution in [3.05, 3.63) is 35.9 Å². The molecule has 0 aliphatic carbocycles. The van der Waals surface area contributed by atoms with Crippen LogP contribution in [0.5, 0.6) is 0 Å². The summed E-state index contributed by atoms with van der Waals surface area (Å²) in [5, 5.41) is 10.0. The number of nitrogens with one attached hydrogen (secondary N) is 1. The van der Waals surface area contributed by atoms with Crippen LogP contribution in [-0.4, -0.2) is 30.2 Å². The molecule has 0 unspecified atom stereocenters. The van der Waals surface area contributed by atoms with Gasteiger partial charge in [-0.15, -0.1) is 0 Å². The summed E-state index contributed by atoms with van der Waals surface area (Å²) >= 11 is 0. The van der Waals surface area contributed by atoms with Gasteiger partial charge in [0.15, 0.2) is 0 Å². The number of rotatable bonds is 6. The highest BCUT2D eigenvalue weighted by molar-refractivity contribution is 5.57. The summed E-state index contributed by atoms with van der Waals surface area (Å²) < 4.78 is 13.4. The van der Waals surface area contributed by atoms with E-state index in [9.17, 15) is 9.18 Å². The van der Waals surface area contributed by atoms with Crippen molar-refractivity contribution in [2.75, 3.05) is 7.11 Å². The molecule has 1 atom stereocenters. The molecule has 0 spiro atoms. The Morgan fingerprint density at radius 1 is 1.33 bits per heavy atom. The van der Waals surface area contributed by atoms with Crippen LogP contribution in [0.1, 0.15) is 25.8 Å². The second-order valence-corrected chi connectivity index (χ2v) is 4.53. The first-order chi connectivity index (χ1) is 8.51. The summed E-state index contributed by atoms with van der Waals surface area (Å²) in [6, 6.07) is 9.31. The molecule has 102 valence electrons. The van der Waals surface area contributed by atoms with Gasteiger partial charge in [0.2, 0.25) is 0 Å². The van der Waals surface area contributed by atoms with Gasteiger partial charge >= 0.3 is 0 Å². The van der Waals surface area contributed by atoms with Crippen molar-refractivity contribution < 1.29 is 14.3 Å². The quantitative estimate of drug-likeness (QED) is 0.765. The lowest BCUT2D eigenvalue weighted by molar-refractivity contribution is -0.110. The Morgan fingerprint density at radius 2 is 1.89 bits per heavy atom. The van der Waals surface area contributed by atoms with E-state index in [2.05, 4.69) is 5.32 Å². The van der Waals surface area contributed by atoms with E-state index >= 15 is 0 Å². The molecule has 4 heteroatoms. The highest BCUT2D eigenvalue weighted by Gasteiger charge is 2.21. The summed E-state index contributed by atoms with van der Waals surface area (Å²) in [4.78, 5) is 10.8. The Kier molecular flexibility index (Phi) is 8.16. The van der Waals surface area contributed by atoms with Gasteiger partial charge in [0, 0.05) is 20.1 Å². The van der Waals surface area contributed by atoms with E-state index in [1.54, 1.807) is 0 Å². The lowest BCUT2D eigenvalue weighted by Crippen LogP contribution is -2.35. The number of aldehydes is 1. The lowest BCUT2D eigenvalue weighted by atomic mass is 10.0. The van der Waals surface area contributed by atoms with Gasteiger partial charge in [-0.2, -0.15) is 0 Å². The first-order valence-electron chi connectivity index (χ1n) is 5.87. The molecule has 0 saturated heterocycles. The molecule has 0 radical (unpaired) electrons. The van der Waals surface area contributed by atoms with Gasteiger partial charge in [0.05, 0.1) is 6.04 Å². The monoisotopic (exact) mass is 255 g/mol. The molecular weight excluding hydrogens is 233 g/mol. The van der Waals surface area contributed by atoms with E-state index in [1.165, 1.54) is 13.8 Å². The van der Waals surface area contributed by atoms with Gasteiger partial charge < -0.3 is 15.2 Å². The van der Waals surface area contributed by atoms with E-state index in [-0.39, 0.29) is 6.42 Å². The Morgan fingerprint density at radius 3 is 2.33 bits per heavy atom. The minimum Gasteiger partial charge on any atom is -0.400 e. The Bertz CT molecular complexity index is 322. The van der Waals surface area contributed by atoms with Gasteiger partial charge in [0.1, 0.15) is 12.0 Å². The van der Waals surface area contributed by atoms with Crippen molar-refractivity contribution in [1.29, 1.82) is 0 Å². The third kappa shape index (κ3) is 7.92. The number of aliphatic hydroxyl groups excluding tert-OH is 1. The number of carbonyl (C=O) groups excluding carboxylic acids is 1. The van der Waals surface area contributed by atoms with Crippen molar-refractivity contribution in [3.63, 3.8) is 0 Å². The zero-order valence-corrected chi connectivity index (χ0v) is 11.2. The number of carbonyl (C=O) groups is 1. The Labute approximate surface area is 108 Å². The smallest absolute Gasteiger partial charge is 0.137 e. The summed E-state index contributed by atoms with van der Waals surface area (Å²) in [5.74, 6) is 0. The van der Waals surface area contributed by atoms with Gasteiger partial charge in [0.25, 0.3) is 0 Å². The fourth-order valence-corrected chi connectivity index (χ4v) is 1.54.